The van der Waals surface area contributed by atoms with Crippen LogP contribution in [0, 0.1) is 5.92 Å². The minimum atomic E-state index is -0.0262. The van der Waals surface area contributed by atoms with Crippen LogP contribution in [-0.4, -0.2) is 23.8 Å². The summed E-state index contributed by atoms with van der Waals surface area (Å²) in [5.41, 5.74) is 0.000642. The van der Waals surface area contributed by atoms with Crippen molar-refractivity contribution in [3.63, 3.8) is 0 Å². The molecule has 2 nitrogen and oxygen atoms in total. The fourth-order valence-electron chi connectivity index (χ4n) is 2.83. The molecule has 2 heteroatoms. The van der Waals surface area contributed by atoms with Gasteiger partial charge in [-0.25, -0.2) is 0 Å². The molecule has 0 aromatic rings. The first kappa shape index (κ1) is 15.0. The number of hydrogen-bond donors (Lipinski definition) is 1. The molecule has 0 amide bonds. The number of hydrogen-bond acceptors (Lipinski definition) is 2. The van der Waals surface area contributed by atoms with E-state index in [-0.39, 0.29) is 11.2 Å². The molecule has 0 bridgehead atoms. The highest BCUT2D eigenvalue weighted by atomic mass is 16.5. The van der Waals surface area contributed by atoms with Gasteiger partial charge in [-0.3, -0.25) is 0 Å². The van der Waals surface area contributed by atoms with Crippen molar-refractivity contribution in [2.45, 2.75) is 84.5 Å². The Morgan fingerprint density at radius 2 is 1.82 bits per heavy atom. The summed E-state index contributed by atoms with van der Waals surface area (Å²) in [4.78, 5) is 0. The van der Waals surface area contributed by atoms with E-state index in [4.69, 9.17) is 4.74 Å². The van der Waals surface area contributed by atoms with Crippen LogP contribution in [-0.2, 0) is 4.74 Å². The van der Waals surface area contributed by atoms with Crippen molar-refractivity contribution >= 4 is 0 Å². The van der Waals surface area contributed by atoms with E-state index in [1.807, 2.05) is 0 Å². The summed E-state index contributed by atoms with van der Waals surface area (Å²) >= 11 is 0. The first-order chi connectivity index (χ1) is 7.73. The summed E-state index contributed by atoms with van der Waals surface area (Å²) in [6.07, 6.45) is 5.08. The molecule has 0 aliphatic carbocycles. The summed E-state index contributed by atoms with van der Waals surface area (Å²) in [5.74, 6) is 0.834. The third kappa shape index (κ3) is 4.97. The van der Waals surface area contributed by atoms with Crippen molar-refractivity contribution in [1.82, 2.24) is 5.32 Å². The Kier molecular flexibility index (Phi) is 5.03. The molecular formula is C15H31NO. The molecule has 1 aliphatic heterocycles. The van der Waals surface area contributed by atoms with E-state index in [1.54, 1.807) is 0 Å². The Morgan fingerprint density at radius 1 is 1.18 bits per heavy atom. The molecule has 0 saturated carbocycles. The lowest BCUT2D eigenvalue weighted by molar-refractivity contribution is -0.0697. The lowest BCUT2D eigenvalue weighted by atomic mass is 9.94. The standard InChI is InChI=1S/C15H31NO/c1-12(2)9-7-8-10-16-13-11-14(3,4)17-15(13,5)6/h12-13,16H,7-11H2,1-6H3. The topological polar surface area (TPSA) is 21.3 Å². The quantitative estimate of drug-likeness (QED) is 0.715. The van der Waals surface area contributed by atoms with Crippen LogP contribution in [0.25, 0.3) is 0 Å². The van der Waals surface area contributed by atoms with Crippen LogP contribution >= 0.6 is 0 Å². The van der Waals surface area contributed by atoms with Gasteiger partial charge in [0, 0.05) is 6.04 Å². The Bertz CT molecular complexity index is 233. The molecular weight excluding hydrogens is 210 g/mol. The third-order valence-electron chi connectivity index (χ3n) is 3.67. The van der Waals surface area contributed by atoms with E-state index < -0.39 is 0 Å². The average molecular weight is 241 g/mol. The zero-order valence-corrected chi connectivity index (χ0v) is 12.6. The van der Waals surface area contributed by atoms with Crippen molar-refractivity contribution < 1.29 is 4.74 Å². The molecule has 1 unspecified atom stereocenters. The van der Waals surface area contributed by atoms with Gasteiger partial charge in [-0.2, -0.15) is 0 Å². The summed E-state index contributed by atoms with van der Waals surface area (Å²) in [6, 6.07) is 0.497. The predicted molar refractivity (Wildman–Crippen MR) is 74.3 cm³/mol. The van der Waals surface area contributed by atoms with E-state index in [0.29, 0.717) is 6.04 Å². The summed E-state index contributed by atoms with van der Waals surface area (Å²) in [7, 11) is 0. The number of unbranched alkanes of at least 4 members (excludes halogenated alkanes) is 1. The molecule has 1 rings (SSSR count). The van der Waals surface area contributed by atoms with Crippen LogP contribution in [0.4, 0.5) is 0 Å². The Balaban J connectivity index is 2.23. The Morgan fingerprint density at radius 3 is 2.29 bits per heavy atom. The Labute approximate surface area is 108 Å². The molecule has 0 aromatic heterocycles. The van der Waals surface area contributed by atoms with Gasteiger partial charge < -0.3 is 10.1 Å². The number of nitrogens with one attached hydrogen (secondary N) is 1. The molecule has 1 saturated heterocycles. The van der Waals surface area contributed by atoms with E-state index in [2.05, 4.69) is 46.9 Å². The highest BCUT2D eigenvalue weighted by molar-refractivity contribution is 4.98. The van der Waals surface area contributed by atoms with E-state index in [9.17, 15) is 0 Å². The largest absolute Gasteiger partial charge is 0.368 e. The first-order valence-electron chi connectivity index (χ1n) is 7.16. The summed E-state index contributed by atoms with van der Waals surface area (Å²) < 4.78 is 6.08. The third-order valence-corrected chi connectivity index (χ3v) is 3.67. The Hall–Kier alpha value is -0.0800. The molecule has 1 aliphatic rings. The lowest BCUT2D eigenvalue weighted by Gasteiger charge is -2.28. The maximum absolute atomic E-state index is 6.08. The maximum Gasteiger partial charge on any atom is 0.0787 e. The second-order valence-electron chi connectivity index (χ2n) is 7.07. The maximum atomic E-state index is 6.08. The van der Waals surface area contributed by atoms with Gasteiger partial charge in [0.1, 0.15) is 0 Å². The van der Waals surface area contributed by atoms with E-state index >= 15 is 0 Å². The second-order valence-corrected chi connectivity index (χ2v) is 7.07. The van der Waals surface area contributed by atoms with E-state index in [1.165, 1.54) is 19.3 Å². The fourth-order valence-corrected chi connectivity index (χ4v) is 2.83. The van der Waals surface area contributed by atoms with Crippen LogP contribution in [0.5, 0.6) is 0 Å². The van der Waals surface area contributed by atoms with Crippen LogP contribution in [0.1, 0.15) is 67.2 Å². The minimum absolute atomic E-state index is 0.0262. The molecule has 1 N–H and O–H groups in total. The molecule has 1 atom stereocenters. The van der Waals surface area contributed by atoms with Crippen LogP contribution in [0.3, 0.4) is 0 Å². The lowest BCUT2D eigenvalue weighted by Crippen LogP contribution is -2.43. The zero-order valence-electron chi connectivity index (χ0n) is 12.6. The molecule has 17 heavy (non-hydrogen) atoms. The highest BCUT2D eigenvalue weighted by Crippen LogP contribution is 2.37. The molecule has 0 spiro atoms. The van der Waals surface area contributed by atoms with E-state index in [0.717, 1.165) is 18.9 Å². The van der Waals surface area contributed by atoms with Gasteiger partial charge in [0.05, 0.1) is 11.2 Å². The van der Waals surface area contributed by atoms with Gasteiger partial charge >= 0.3 is 0 Å². The van der Waals surface area contributed by atoms with Gasteiger partial charge in [-0.1, -0.05) is 26.7 Å². The smallest absolute Gasteiger partial charge is 0.0787 e. The zero-order chi connectivity index (χ0) is 13.1. The van der Waals surface area contributed by atoms with Crippen molar-refractivity contribution in [2.75, 3.05) is 6.54 Å². The van der Waals surface area contributed by atoms with Crippen LogP contribution < -0.4 is 5.32 Å². The molecule has 102 valence electrons. The van der Waals surface area contributed by atoms with Crippen LogP contribution in [0.2, 0.25) is 0 Å². The highest BCUT2D eigenvalue weighted by Gasteiger charge is 2.45. The monoisotopic (exact) mass is 241 g/mol. The molecule has 1 fully saturated rings. The van der Waals surface area contributed by atoms with Gasteiger partial charge in [0.15, 0.2) is 0 Å². The molecule has 0 radical (unpaired) electrons. The normalized spacial score (nSPS) is 26.6. The van der Waals surface area contributed by atoms with Crippen molar-refractivity contribution in [3.05, 3.63) is 0 Å². The minimum Gasteiger partial charge on any atom is -0.368 e. The van der Waals surface area contributed by atoms with Gasteiger partial charge in [-0.15, -0.1) is 0 Å². The molecule has 0 aromatic carbocycles. The number of rotatable bonds is 6. The molecule has 1 heterocycles. The predicted octanol–water partition coefficient (Wildman–Crippen LogP) is 3.75. The number of ether oxygens (including phenoxy) is 1. The average Bonchev–Trinajstić information content (AvgIpc) is 2.33. The SMILES string of the molecule is CC(C)CCCCNC1CC(C)(C)OC1(C)C. The van der Waals surface area contributed by atoms with Gasteiger partial charge in [0.25, 0.3) is 0 Å². The van der Waals surface area contributed by atoms with Crippen molar-refractivity contribution in [2.24, 2.45) is 5.92 Å². The first-order valence-corrected chi connectivity index (χ1v) is 7.16. The summed E-state index contributed by atoms with van der Waals surface area (Å²) in [6.45, 7) is 14.5. The van der Waals surface area contributed by atoms with Crippen molar-refractivity contribution in [1.29, 1.82) is 0 Å². The summed E-state index contributed by atoms with van der Waals surface area (Å²) in [5, 5.41) is 3.68. The van der Waals surface area contributed by atoms with Gasteiger partial charge in [-0.05, 0) is 53.0 Å². The van der Waals surface area contributed by atoms with Crippen LogP contribution in [0.15, 0.2) is 0 Å². The fraction of sp³-hybridized carbons (Fsp3) is 1.00. The van der Waals surface area contributed by atoms with Gasteiger partial charge in [0.2, 0.25) is 0 Å². The van der Waals surface area contributed by atoms with Crippen molar-refractivity contribution in [3.8, 4) is 0 Å². The second kappa shape index (κ2) is 5.71.